The van der Waals surface area contributed by atoms with Crippen molar-refractivity contribution in [2.24, 2.45) is 0 Å². The Morgan fingerprint density at radius 1 is 0.636 bits per heavy atom. The summed E-state index contributed by atoms with van der Waals surface area (Å²) in [5.74, 6) is -7.25. The van der Waals surface area contributed by atoms with Gasteiger partial charge in [0.25, 0.3) is 0 Å². The maximum Gasteiger partial charge on any atom is 0.341 e. The highest BCUT2D eigenvalue weighted by atomic mass is 19.1. The van der Waals surface area contributed by atoms with Gasteiger partial charge in [0.2, 0.25) is 10.9 Å². The maximum atomic E-state index is 14.3. The largest absolute Gasteiger partial charge is 0.477 e. The second kappa shape index (κ2) is 9.82. The highest BCUT2D eigenvalue weighted by Crippen LogP contribution is 2.44. The van der Waals surface area contributed by atoms with Gasteiger partial charge in [0.15, 0.2) is 23.2 Å². The third kappa shape index (κ3) is 4.22. The summed E-state index contributed by atoms with van der Waals surface area (Å²) in [5.41, 5.74) is -2.04. The van der Waals surface area contributed by atoms with Crippen LogP contribution >= 0.6 is 0 Å². The van der Waals surface area contributed by atoms with Crippen molar-refractivity contribution >= 4 is 35.7 Å². The highest BCUT2D eigenvalue weighted by molar-refractivity contribution is 6.03. The van der Waals surface area contributed by atoms with E-state index in [4.69, 9.17) is 0 Å². The number of piperazine rings is 1. The van der Waals surface area contributed by atoms with Crippen molar-refractivity contribution in [3.63, 3.8) is 0 Å². The van der Waals surface area contributed by atoms with Crippen molar-refractivity contribution in [1.29, 1.82) is 0 Å². The number of aromatic nitrogens is 2. The molecule has 44 heavy (non-hydrogen) atoms. The number of aromatic carboxylic acids is 2. The molecule has 1 saturated heterocycles. The first-order valence-electron chi connectivity index (χ1n) is 14.4. The number of nitrogens with zero attached hydrogens (tertiary/aromatic N) is 4. The number of carboxylic acids is 2. The molecule has 5 aliphatic rings. The number of halogens is 2. The van der Waals surface area contributed by atoms with Crippen molar-refractivity contribution in [1.82, 2.24) is 9.35 Å². The van der Waals surface area contributed by atoms with E-state index in [9.17, 15) is 47.8 Å². The molecule has 14 heteroatoms. The number of carboxylic acid groups (broad SMARTS) is 2. The zero-order valence-electron chi connectivity index (χ0n) is 23.3. The van der Waals surface area contributed by atoms with Crippen molar-refractivity contribution < 1.29 is 38.2 Å². The molecular formula is C30H26F2N4O8. The first-order chi connectivity index (χ1) is 21.0. The summed E-state index contributed by atoms with van der Waals surface area (Å²) in [5, 5.41) is 23.6. The molecule has 2 aromatic rings. The normalized spacial score (nSPS) is 19.8. The smallest absolute Gasteiger partial charge is 0.341 e. The first-order valence-corrected chi connectivity index (χ1v) is 14.4. The van der Waals surface area contributed by atoms with Gasteiger partial charge < -0.3 is 20.2 Å². The number of carbonyl (C=O) groups excluding carboxylic acids is 2. The van der Waals surface area contributed by atoms with Crippen LogP contribution in [-0.2, 0) is 22.4 Å². The predicted molar refractivity (Wildman–Crippen MR) is 151 cm³/mol. The summed E-state index contributed by atoms with van der Waals surface area (Å²) >= 11 is 0. The minimum absolute atomic E-state index is 0.185. The third-order valence-corrected chi connectivity index (χ3v) is 8.93. The lowest BCUT2D eigenvalue weighted by molar-refractivity contribution is -0.117. The molecule has 0 bridgehead atoms. The van der Waals surface area contributed by atoms with Crippen LogP contribution in [0, 0.1) is 0 Å². The Labute approximate surface area is 247 Å². The van der Waals surface area contributed by atoms with Gasteiger partial charge in [-0.15, -0.1) is 0 Å². The topological polar surface area (TPSA) is 159 Å². The fourth-order valence-electron chi connectivity index (χ4n) is 6.63. The molecule has 3 heterocycles. The van der Waals surface area contributed by atoms with E-state index < -0.39 is 70.0 Å². The molecule has 2 saturated carbocycles. The van der Waals surface area contributed by atoms with E-state index in [1.165, 1.54) is 0 Å². The van der Waals surface area contributed by atoms with Crippen LogP contribution in [0.4, 0.5) is 8.78 Å². The summed E-state index contributed by atoms with van der Waals surface area (Å²) in [6, 6.07) is 0. The Morgan fingerprint density at radius 3 is 1.27 bits per heavy atom. The van der Waals surface area contributed by atoms with Crippen molar-refractivity contribution in [2.45, 2.75) is 50.4 Å². The van der Waals surface area contributed by atoms with Crippen LogP contribution in [0.25, 0.3) is 12.2 Å². The molecule has 1 aliphatic heterocycles. The van der Waals surface area contributed by atoms with Crippen LogP contribution in [0.5, 0.6) is 0 Å². The molecule has 2 aromatic heterocycles. The van der Waals surface area contributed by atoms with Gasteiger partial charge in [-0.05, 0) is 37.8 Å². The lowest BCUT2D eigenvalue weighted by atomic mass is 9.95. The van der Waals surface area contributed by atoms with Gasteiger partial charge in [0, 0.05) is 23.0 Å². The predicted octanol–water partition coefficient (Wildman–Crippen LogP) is 1.62. The van der Waals surface area contributed by atoms with Gasteiger partial charge in [0.05, 0.1) is 61.8 Å². The van der Waals surface area contributed by atoms with Gasteiger partial charge >= 0.3 is 11.9 Å². The molecule has 3 fully saturated rings. The van der Waals surface area contributed by atoms with Gasteiger partial charge in [0.1, 0.15) is 11.1 Å². The van der Waals surface area contributed by atoms with Crippen LogP contribution in [0.15, 0.2) is 21.2 Å². The minimum Gasteiger partial charge on any atom is -0.477 e. The molecule has 0 radical (unpaired) electrons. The van der Waals surface area contributed by atoms with Crippen LogP contribution < -0.4 is 20.9 Å². The first kappa shape index (κ1) is 27.9. The van der Waals surface area contributed by atoms with E-state index in [1.54, 1.807) is 19.4 Å². The number of hydrogen-bond donors (Lipinski definition) is 2. The molecule has 228 valence electrons. The number of ketones is 2. The number of hydrogen-bond acceptors (Lipinski definition) is 8. The minimum atomic E-state index is -1.45. The molecule has 0 atom stereocenters. The van der Waals surface area contributed by atoms with E-state index >= 15 is 0 Å². The van der Waals surface area contributed by atoms with E-state index in [0.29, 0.717) is 25.7 Å². The number of pyridine rings is 2. The molecule has 7 rings (SSSR count). The number of allylic oxidation sites excluding steroid dienone is 2. The fourth-order valence-corrected chi connectivity index (χ4v) is 6.63. The molecule has 2 N–H and O–H groups in total. The summed E-state index contributed by atoms with van der Waals surface area (Å²) in [6.07, 6.45) is 3.31. The number of Topliss-reactive ketones (excluding diaryl/α,β-unsaturated/α-hetero) is 2. The van der Waals surface area contributed by atoms with Gasteiger partial charge in [-0.1, -0.05) is 0 Å². The van der Waals surface area contributed by atoms with Crippen molar-refractivity contribution in [3.05, 3.63) is 77.1 Å². The second-order valence-corrected chi connectivity index (χ2v) is 11.8. The number of fused-ring (bicyclic) bond motifs is 2. The summed E-state index contributed by atoms with van der Waals surface area (Å²) in [6.45, 7) is 0.778. The molecule has 0 amide bonds. The quantitative estimate of drug-likeness (QED) is 0.494. The lowest BCUT2D eigenvalue weighted by Gasteiger charge is -2.43. The average molecular weight is 609 g/mol. The van der Waals surface area contributed by atoms with Gasteiger partial charge in [-0.25, -0.2) is 18.4 Å². The summed E-state index contributed by atoms with van der Waals surface area (Å²) < 4.78 is 31.9. The standard InChI is InChI=1S/C30H26F2N4O8/c31-17-9-15-19(11-21(17)37)35(25(13-1-2-13)23(27(15)39)29(41)42)33-5-7-34(8-6-33)36-20-12-22(38)18(32)10-16(20)28(40)24(30(43)44)26(36)14-3-4-14/h9-10,13-14H,1-8,11-12H2,(H,41,42)(H,43,44). The Kier molecular flexibility index (Phi) is 6.23. The van der Waals surface area contributed by atoms with E-state index in [0.717, 1.165) is 12.2 Å². The number of carbonyl (C=O) groups is 4. The van der Waals surface area contributed by atoms with E-state index in [2.05, 4.69) is 0 Å². The molecule has 4 aliphatic carbocycles. The summed E-state index contributed by atoms with van der Waals surface area (Å²) in [4.78, 5) is 76.0. The Bertz CT molecular complexity index is 1770. The Balaban J connectivity index is 1.34. The van der Waals surface area contributed by atoms with Crippen molar-refractivity contribution in [2.75, 3.05) is 36.2 Å². The Morgan fingerprint density at radius 2 is 0.977 bits per heavy atom. The van der Waals surface area contributed by atoms with Gasteiger partial charge in [-0.3, -0.25) is 28.5 Å². The average Bonchev–Trinajstić information content (AvgIpc) is 3.89. The van der Waals surface area contributed by atoms with Crippen LogP contribution in [-0.4, -0.2) is 69.2 Å². The lowest BCUT2D eigenvalue weighted by Crippen LogP contribution is -2.58. The molecule has 0 aromatic carbocycles. The van der Waals surface area contributed by atoms with E-state index in [-0.39, 0.29) is 71.9 Å². The van der Waals surface area contributed by atoms with E-state index in [1.807, 2.05) is 0 Å². The Hall–Kier alpha value is -4.88. The monoisotopic (exact) mass is 608 g/mol. The van der Waals surface area contributed by atoms with Crippen LogP contribution in [0.3, 0.4) is 0 Å². The molecule has 12 nitrogen and oxygen atoms in total. The summed E-state index contributed by atoms with van der Waals surface area (Å²) in [7, 11) is 0. The third-order valence-electron chi connectivity index (χ3n) is 8.93. The molecular weight excluding hydrogens is 582 g/mol. The second-order valence-electron chi connectivity index (χ2n) is 11.8. The van der Waals surface area contributed by atoms with Gasteiger partial charge in [-0.2, -0.15) is 0 Å². The zero-order chi connectivity index (χ0) is 31.2. The van der Waals surface area contributed by atoms with Crippen LogP contribution in [0.2, 0.25) is 0 Å². The number of rotatable bonds is 6. The fraction of sp³-hybridized carbons (Fsp3) is 0.400. The molecule has 0 unspecified atom stereocenters. The highest BCUT2D eigenvalue weighted by Gasteiger charge is 2.41. The molecule has 0 spiro atoms. The zero-order valence-corrected chi connectivity index (χ0v) is 23.3. The van der Waals surface area contributed by atoms with Crippen molar-refractivity contribution in [3.8, 4) is 0 Å². The maximum absolute atomic E-state index is 14.3. The SMILES string of the molecule is O=C1Cc2c(c(=O)c(C(=O)O)c(C3CC3)n2N2CCN(n3c4c(c(=O)c(C(=O)O)c3C3CC3)C=C(F)C(=O)C4)CC2)C=C1F. The van der Waals surface area contributed by atoms with Crippen LogP contribution in [0.1, 0.15) is 92.1 Å².